The van der Waals surface area contributed by atoms with Crippen LogP contribution in [0.25, 0.3) is 56.1 Å². The molecule has 10 rings (SSSR count). The number of rotatable bonds is 5. The molecule has 1 aliphatic carbocycles. The highest BCUT2D eigenvalue weighted by Gasteiger charge is 2.36. The molecule has 66 heavy (non-hydrogen) atoms. The number of benzene rings is 8. The number of furan rings is 1. The van der Waals surface area contributed by atoms with E-state index in [-0.39, 0.29) is 5.41 Å². The van der Waals surface area contributed by atoms with E-state index in [1.807, 2.05) is 42.5 Å². The lowest BCUT2D eigenvalue weighted by Crippen LogP contribution is -2.15. The molecule has 0 amide bonds. The second-order valence-electron chi connectivity index (χ2n) is 18.2. The van der Waals surface area contributed by atoms with Crippen LogP contribution in [0.1, 0.15) is 102 Å². The zero-order valence-electron chi connectivity index (χ0n) is 41.0. The van der Waals surface area contributed by atoms with Gasteiger partial charge in [-0.1, -0.05) is 234 Å². The van der Waals surface area contributed by atoms with Crippen molar-refractivity contribution in [2.75, 3.05) is 0 Å². The van der Waals surface area contributed by atoms with Gasteiger partial charge in [-0.3, -0.25) is 0 Å². The van der Waals surface area contributed by atoms with Gasteiger partial charge in [0.15, 0.2) is 0 Å². The van der Waals surface area contributed by atoms with Gasteiger partial charge in [-0.2, -0.15) is 0 Å². The Morgan fingerprint density at radius 3 is 1.64 bits per heavy atom. The minimum atomic E-state index is 0.0888. The van der Waals surface area contributed by atoms with Crippen LogP contribution in [0.2, 0.25) is 0 Å². The fourth-order valence-electron chi connectivity index (χ4n) is 8.76. The summed E-state index contributed by atoms with van der Waals surface area (Å²) in [5, 5.41) is 3.89. The van der Waals surface area contributed by atoms with Crippen LogP contribution in [0.15, 0.2) is 193 Å². The summed E-state index contributed by atoms with van der Waals surface area (Å²) in [7, 11) is 0. The maximum absolute atomic E-state index is 5.68. The van der Waals surface area contributed by atoms with E-state index in [4.69, 9.17) is 4.42 Å². The smallest absolute Gasteiger partial charge is 0.135 e. The first-order valence-electron chi connectivity index (χ1n) is 23.4. The van der Waals surface area contributed by atoms with Gasteiger partial charge in [-0.25, -0.2) is 0 Å². The highest BCUT2D eigenvalue weighted by molar-refractivity contribution is 6.04. The molecule has 1 nitrogen and oxygen atoms in total. The van der Waals surface area contributed by atoms with Gasteiger partial charge >= 0.3 is 0 Å². The molecular formula is C65H68O. The molecule has 0 fully saturated rings. The molecule has 0 spiro atoms. The van der Waals surface area contributed by atoms with Crippen molar-refractivity contribution in [2.24, 2.45) is 0 Å². The lowest BCUT2D eigenvalue weighted by atomic mass is 9.81. The lowest BCUT2D eigenvalue weighted by Gasteiger charge is -2.22. The molecule has 0 atom stereocenters. The van der Waals surface area contributed by atoms with Gasteiger partial charge < -0.3 is 4.42 Å². The topological polar surface area (TPSA) is 13.1 Å². The van der Waals surface area contributed by atoms with Gasteiger partial charge in [-0.15, -0.1) is 0 Å². The molecule has 8 aromatic carbocycles. The first-order chi connectivity index (χ1) is 31.8. The van der Waals surface area contributed by atoms with Crippen LogP contribution in [-0.2, 0) is 11.8 Å². The van der Waals surface area contributed by atoms with Gasteiger partial charge in [-0.05, 0) is 132 Å². The van der Waals surface area contributed by atoms with Crippen molar-refractivity contribution in [1.82, 2.24) is 0 Å². The van der Waals surface area contributed by atoms with E-state index < -0.39 is 0 Å². The molecule has 0 unspecified atom stereocenters. The number of hydrogen-bond acceptors (Lipinski definition) is 1. The largest absolute Gasteiger partial charge is 0.456 e. The normalized spacial score (nSPS) is 11.6. The van der Waals surface area contributed by atoms with Crippen LogP contribution in [0.4, 0.5) is 0 Å². The van der Waals surface area contributed by atoms with E-state index in [1.165, 1.54) is 83.1 Å². The highest BCUT2D eigenvalue weighted by Crippen LogP contribution is 2.52. The third-order valence-electron chi connectivity index (χ3n) is 12.5. The Morgan fingerprint density at radius 1 is 0.515 bits per heavy atom. The third-order valence-corrected chi connectivity index (χ3v) is 12.5. The molecule has 1 heteroatoms. The Balaban J connectivity index is 0.000000144. The molecule has 0 saturated carbocycles. The predicted molar refractivity (Wildman–Crippen MR) is 290 cm³/mol. The fraction of sp³-hybridized carbons (Fsp3) is 0.200. The second-order valence-corrected chi connectivity index (χ2v) is 18.2. The highest BCUT2D eigenvalue weighted by atomic mass is 16.3. The first kappa shape index (κ1) is 48.5. The van der Waals surface area contributed by atoms with Crippen LogP contribution in [-0.4, -0.2) is 0 Å². The van der Waals surface area contributed by atoms with E-state index in [2.05, 4.69) is 222 Å². The average molecular weight is 865 g/mol. The summed E-state index contributed by atoms with van der Waals surface area (Å²) in [4.78, 5) is 0. The quantitative estimate of drug-likeness (QED) is 0.168. The molecule has 1 aromatic heterocycles. The zero-order chi connectivity index (χ0) is 47.4. The number of aryl methyl sites for hydroxylation is 6. The number of fused-ring (bicyclic) bond motifs is 6. The Hall–Kier alpha value is -6.96. The first-order valence-corrected chi connectivity index (χ1v) is 23.4. The molecule has 334 valence electrons. The molecule has 9 aromatic rings. The van der Waals surface area contributed by atoms with Gasteiger partial charge in [0.1, 0.15) is 11.3 Å². The number of hydrogen-bond donors (Lipinski definition) is 0. The Bertz CT molecular complexity index is 3020. The van der Waals surface area contributed by atoms with E-state index in [9.17, 15) is 0 Å². The Morgan fingerprint density at radius 2 is 1.09 bits per heavy atom. The van der Waals surface area contributed by atoms with Crippen molar-refractivity contribution in [3.63, 3.8) is 0 Å². The molecule has 1 heterocycles. The SMILES string of the molecule is C=Cc1oc2ccc(C(C)C)cc2c1C=C.CCc1ccccc1.Cc1ccc(-c2ccccc2)c(C)c1.Cc1ccc2c(c1)C(C)(C)c1cc(C)c3ccccc3c1-2.Cc1ccccc1. The predicted octanol–water partition coefficient (Wildman–Crippen LogP) is 18.8. The van der Waals surface area contributed by atoms with Gasteiger partial charge in [0.05, 0.1) is 0 Å². The van der Waals surface area contributed by atoms with E-state index in [1.54, 1.807) is 6.08 Å². The third kappa shape index (κ3) is 11.5. The van der Waals surface area contributed by atoms with Crippen LogP contribution in [0, 0.1) is 34.6 Å². The van der Waals surface area contributed by atoms with Crippen molar-refractivity contribution < 1.29 is 4.42 Å². The van der Waals surface area contributed by atoms with Crippen molar-refractivity contribution in [2.45, 2.75) is 87.0 Å². The summed E-state index contributed by atoms with van der Waals surface area (Å²) in [6.07, 6.45) is 4.69. The van der Waals surface area contributed by atoms with Crippen molar-refractivity contribution >= 4 is 33.9 Å². The summed E-state index contributed by atoms with van der Waals surface area (Å²) in [5.74, 6) is 1.31. The average Bonchev–Trinajstić information content (AvgIpc) is 3.80. The molecule has 1 aliphatic rings. The lowest BCUT2D eigenvalue weighted by molar-refractivity contribution is 0.603. The standard InChI is InChI=1S/C21H20.C15H16O.C14H14.C8H10.C7H8/c1-13-9-10-17-18(11-13)21(3,4)19-12-14(2)15-7-5-6-8-16(15)20(17)19;1-5-12-13-9-11(10(3)4)7-8-15(13)16-14(12)6-2;1-11-8-9-14(12(2)10-11)13-6-4-3-5-7-13;1-2-8-6-4-3-5-7-8;1-7-5-3-2-4-6-7/h5-12H,1-4H3;5-10H,1-2H2,3-4H3;3-10H,1-2H3;3-7H,2H2,1H3;2-6H,1H3. The molecule has 0 N–H and O–H groups in total. The Labute approximate surface area is 396 Å². The summed E-state index contributed by atoms with van der Waals surface area (Å²) in [6.45, 7) is 29.6. The molecule has 0 bridgehead atoms. The van der Waals surface area contributed by atoms with Crippen LogP contribution < -0.4 is 0 Å². The van der Waals surface area contributed by atoms with Crippen LogP contribution in [0.5, 0.6) is 0 Å². The minimum Gasteiger partial charge on any atom is -0.456 e. The summed E-state index contributed by atoms with van der Waals surface area (Å²) < 4.78 is 5.68. The minimum absolute atomic E-state index is 0.0888. The van der Waals surface area contributed by atoms with E-state index in [0.717, 1.165) is 28.7 Å². The zero-order valence-corrected chi connectivity index (χ0v) is 41.0. The summed E-state index contributed by atoms with van der Waals surface area (Å²) in [6, 6.07) is 62.2. The van der Waals surface area contributed by atoms with Crippen molar-refractivity contribution in [3.05, 3.63) is 250 Å². The summed E-state index contributed by atoms with van der Waals surface area (Å²) >= 11 is 0. The monoisotopic (exact) mass is 865 g/mol. The summed E-state index contributed by atoms with van der Waals surface area (Å²) in [5.41, 5.74) is 19.9. The van der Waals surface area contributed by atoms with Gasteiger partial charge in [0.2, 0.25) is 0 Å². The second kappa shape index (κ2) is 22.3. The van der Waals surface area contributed by atoms with Gasteiger partial charge in [0, 0.05) is 16.4 Å². The Kier molecular flexibility index (Phi) is 16.4. The van der Waals surface area contributed by atoms with Crippen molar-refractivity contribution in [1.29, 1.82) is 0 Å². The maximum atomic E-state index is 5.68. The molecule has 0 aliphatic heterocycles. The molecule has 0 radical (unpaired) electrons. The van der Waals surface area contributed by atoms with Crippen molar-refractivity contribution in [3.8, 4) is 22.3 Å². The fourth-order valence-corrected chi connectivity index (χ4v) is 8.76. The van der Waals surface area contributed by atoms with E-state index in [0.29, 0.717) is 5.92 Å². The van der Waals surface area contributed by atoms with Crippen LogP contribution >= 0.6 is 0 Å². The molecular weight excluding hydrogens is 797 g/mol. The maximum Gasteiger partial charge on any atom is 0.135 e. The van der Waals surface area contributed by atoms with Gasteiger partial charge in [0.25, 0.3) is 0 Å². The van der Waals surface area contributed by atoms with E-state index >= 15 is 0 Å². The van der Waals surface area contributed by atoms with Crippen LogP contribution in [0.3, 0.4) is 0 Å². The molecule has 0 saturated heterocycles.